The molecule has 0 aliphatic rings. The van der Waals surface area contributed by atoms with Gasteiger partial charge in [0.25, 0.3) is 0 Å². The first-order valence-corrected chi connectivity index (χ1v) is 6.76. The molecule has 0 radical (unpaired) electrons. The van der Waals surface area contributed by atoms with E-state index in [1.54, 1.807) is 26.8 Å². The van der Waals surface area contributed by atoms with Gasteiger partial charge in [-0.2, -0.15) is 0 Å². The van der Waals surface area contributed by atoms with E-state index in [9.17, 15) is 18.0 Å². The number of carbonyl (C=O) groups excluding carboxylic acids is 1. The van der Waals surface area contributed by atoms with E-state index in [1.165, 1.54) is 12.1 Å². The van der Waals surface area contributed by atoms with Crippen LogP contribution < -0.4 is 10.1 Å². The largest absolute Gasteiger partial charge is 0.573 e. The van der Waals surface area contributed by atoms with Gasteiger partial charge >= 0.3 is 12.5 Å². The number of amides is 1. The molecule has 0 bridgehead atoms. The lowest BCUT2D eigenvalue weighted by molar-refractivity contribution is -0.274. The normalized spacial score (nSPS) is 12.0. The molecule has 1 aromatic carbocycles. The molecule has 0 fully saturated rings. The van der Waals surface area contributed by atoms with E-state index >= 15 is 0 Å². The fourth-order valence-electron chi connectivity index (χ4n) is 1.38. The van der Waals surface area contributed by atoms with Crippen molar-refractivity contribution in [3.63, 3.8) is 0 Å². The van der Waals surface area contributed by atoms with Gasteiger partial charge in [0.1, 0.15) is 11.4 Å². The van der Waals surface area contributed by atoms with Crippen LogP contribution in [0.2, 0.25) is 0 Å². The van der Waals surface area contributed by atoms with Gasteiger partial charge in [-0.15, -0.1) is 13.2 Å². The van der Waals surface area contributed by atoms with Crippen molar-refractivity contribution in [1.82, 2.24) is 5.32 Å². The second-order valence-electron chi connectivity index (χ2n) is 5.16. The number of hydrogen-bond donors (Lipinski definition) is 1. The maximum absolute atomic E-state index is 12.3. The van der Waals surface area contributed by atoms with Crippen LogP contribution in [0.4, 0.5) is 18.0 Å². The summed E-state index contributed by atoms with van der Waals surface area (Å²) < 4.78 is 46.3. The molecule has 0 heterocycles. The average Bonchev–Trinajstić information content (AvgIpc) is 2.23. The van der Waals surface area contributed by atoms with Gasteiger partial charge in [-0.25, -0.2) is 4.79 Å². The zero-order valence-electron chi connectivity index (χ0n) is 11.7. The zero-order chi connectivity index (χ0) is 16.3. The second-order valence-corrected chi connectivity index (χ2v) is 6.07. The molecule has 0 aromatic heterocycles. The molecule has 4 nitrogen and oxygen atoms in total. The Bertz CT molecular complexity index is 512. The van der Waals surface area contributed by atoms with Gasteiger partial charge in [-0.3, -0.25) is 0 Å². The number of alkyl carbamates (subject to hydrolysis) is 1. The lowest BCUT2D eigenvalue weighted by atomic mass is 10.2. The average molecular weight is 370 g/mol. The number of carbonyl (C=O) groups is 1. The highest BCUT2D eigenvalue weighted by Gasteiger charge is 2.32. The Labute approximate surface area is 128 Å². The fraction of sp³-hybridized carbons (Fsp3) is 0.462. The van der Waals surface area contributed by atoms with E-state index in [4.69, 9.17) is 4.74 Å². The van der Waals surface area contributed by atoms with Gasteiger partial charge in [0.15, 0.2) is 0 Å². The number of benzene rings is 1. The third kappa shape index (κ3) is 7.22. The van der Waals surface area contributed by atoms with Crippen molar-refractivity contribution < 1.29 is 27.4 Å². The van der Waals surface area contributed by atoms with Gasteiger partial charge in [0.2, 0.25) is 0 Å². The Morgan fingerprint density at radius 3 is 2.43 bits per heavy atom. The van der Waals surface area contributed by atoms with Crippen molar-refractivity contribution in [3.8, 4) is 5.75 Å². The molecule has 0 aliphatic carbocycles. The predicted octanol–water partition coefficient (Wildman–Crippen LogP) is 4.37. The van der Waals surface area contributed by atoms with Gasteiger partial charge in [0.05, 0.1) is 0 Å². The Morgan fingerprint density at radius 1 is 1.29 bits per heavy atom. The van der Waals surface area contributed by atoms with Crippen LogP contribution in [-0.2, 0) is 11.3 Å². The van der Waals surface area contributed by atoms with Gasteiger partial charge in [-0.1, -0.05) is 22.0 Å². The molecule has 21 heavy (non-hydrogen) atoms. The van der Waals surface area contributed by atoms with Gasteiger partial charge in [0, 0.05) is 16.6 Å². The fourth-order valence-corrected chi connectivity index (χ4v) is 1.72. The predicted molar refractivity (Wildman–Crippen MR) is 73.9 cm³/mol. The molecule has 0 spiro atoms. The number of hydrogen-bond acceptors (Lipinski definition) is 3. The molecule has 1 N–H and O–H groups in total. The molecule has 0 saturated carbocycles. The molecule has 1 amide bonds. The first-order valence-electron chi connectivity index (χ1n) is 5.97. The van der Waals surface area contributed by atoms with Crippen molar-refractivity contribution in [1.29, 1.82) is 0 Å². The lowest BCUT2D eigenvalue weighted by Crippen LogP contribution is -2.32. The maximum atomic E-state index is 12.3. The monoisotopic (exact) mass is 369 g/mol. The maximum Gasteiger partial charge on any atom is 0.573 e. The van der Waals surface area contributed by atoms with E-state index in [2.05, 4.69) is 26.0 Å². The number of alkyl halides is 3. The Hall–Kier alpha value is -1.44. The van der Waals surface area contributed by atoms with E-state index in [0.29, 0.717) is 4.47 Å². The topological polar surface area (TPSA) is 47.6 Å². The summed E-state index contributed by atoms with van der Waals surface area (Å²) in [5, 5.41) is 2.38. The molecule has 1 aromatic rings. The Morgan fingerprint density at radius 2 is 1.90 bits per heavy atom. The van der Waals surface area contributed by atoms with Crippen LogP contribution >= 0.6 is 15.9 Å². The zero-order valence-corrected chi connectivity index (χ0v) is 13.3. The quantitative estimate of drug-likeness (QED) is 0.860. The molecule has 8 heteroatoms. The summed E-state index contributed by atoms with van der Waals surface area (Å²) in [7, 11) is 0. The van der Waals surface area contributed by atoms with E-state index in [-0.39, 0.29) is 17.9 Å². The van der Waals surface area contributed by atoms with E-state index in [0.717, 1.165) is 0 Å². The van der Waals surface area contributed by atoms with E-state index < -0.39 is 18.1 Å². The molecule has 0 aliphatic heterocycles. The van der Waals surface area contributed by atoms with Crippen LogP contribution in [0.25, 0.3) is 0 Å². The van der Waals surface area contributed by atoms with Crippen LogP contribution in [0.5, 0.6) is 5.75 Å². The Balaban J connectivity index is 2.77. The van der Waals surface area contributed by atoms with Crippen LogP contribution in [-0.4, -0.2) is 18.1 Å². The summed E-state index contributed by atoms with van der Waals surface area (Å²) in [5.41, 5.74) is -0.504. The lowest BCUT2D eigenvalue weighted by Gasteiger charge is -2.20. The summed E-state index contributed by atoms with van der Waals surface area (Å²) >= 11 is 3.06. The van der Waals surface area contributed by atoms with Crippen LogP contribution in [0, 0.1) is 0 Å². The first-order chi connectivity index (χ1) is 9.46. The summed E-state index contributed by atoms with van der Waals surface area (Å²) in [6.45, 7) is 4.91. The number of nitrogens with one attached hydrogen (secondary N) is 1. The van der Waals surface area contributed by atoms with Crippen molar-refractivity contribution in [2.24, 2.45) is 0 Å². The molecular formula is C13H15BrF3NO3. The molecule has 0 atom stereocenters. The van der Waals surface area contributed by atoms with Crippen molar-refractivity contribution in [3.05, 3.63) is 28.2 Å². The molecule has 118 valence electrons. The molecule has 0 saturated heterocycles. The summed E-state index contributed by atoms with van der Waals surface area (Å²) in [5.74, 6) is -0.382. The molecular weight excluding hydrogens is 355 g/mol. The van der Waals surface area contributed by atoms with Crippen LogP contribution in [0.15, 0.2) is 22.7 Å². The first kappa shape index (κ1) is 17.6. The SMILES string of the molecule is CC(C)(C)OC(=O)NCc1ccc(Br)cc1OC(F)(F)F. The minimum absolute atomic E-state index is 0.145. The molecule has 0 unspecified atom stereocenters. The van der Waals surface area contributed by atoms with E-state index in [1.807, 2.05) is 0 Å². The summed E-state index contributed by atoms with van der Waals surface area (Å²) in [4.78, 5) is 11.5. The highest BCUT2D eigenvalue weighted by molar-refractivity contribution is 9.10. The number of halogens is 4. The second kappa shape index (κ2) is 6.55. The summed E-state index contributed by atoms with van der Waals surface area (Å²) in [6, 6.07) is 4.15. The van der Waals surface area contributed by atoms with Crippen molar-refractivity contribution in [2.75, 3.05) is 0 Å². The van der Waals surface area contributed by atoms with Crippen LogP contribution in [0.3, 0.4) is 0 Å². The smallest absolute Gasteiger partial charge is 0.444 e. The third-order valence-corrected chi connectivity index (χ3v) is 2.57. The number of rotatable bonds is 3. The number of ether oxygens (including phenoxy) is 2. The minimum atomic E-state index is -4.80. The molecule has 1 rings (SSSR count). The Kier molecular flexibility index (Phi) is 5.49. The van der Waals surface area contributed by atoms with Crippen molar-refractivity contribution >= 4 is 22.0 Å². The van der Waals surface area contributed by atoms with Crippen LogP contribution in [0.1, 0.15) is 26.3 Å². The van der Waals surface area contributed by atoms with Crippen molar-refractivity contribution in [2.45, 2.75) is 39.3 Å². The highest BCUT2D eigenvalue weighted by atomic mass is 79.9. The third-order valence-electron chi connectivity index (χ3n) is 2.08. The van der Waals surface area contributed by atoms with Gasteiger partial charge < -0.3 is 14.8 Å². The minimum Gasteiger partial charge on any atom is -0.444 e. The highest BCUT2D eigenvalue weighted by Crippen LogP contribution is 2.29. The van der Waals surface area contributed by atoms with Gasteiger partial charge in [-0.05, 0) is 32.9 Å². The summed E-state index contributed by atoms with van der Waals surface area (Å²) in [6.07, 6.45) is -5.52. The standard InChI is InChI=1S/C13H15BrF3NO3/c1-12(2,3)21-11(19)18-7-8-4-5-9(14)6-10(8)20-13(15,16)17/h4-6H,7H2,1-3H3,(H,18,19).